The van der Waals surface area contributed by atoms with Crippen LogP contribution in [0.25, 0.3) is 0 Å². The van der Waals surface area contributed by atoms with Crippen LogP contribution >= 0.6 is 11.8 Å². The van der Waals surface area contributed by atoms with Gasteiger partial charge in [-0.2, -0.15) is 5.10 Å². The Morgan fingerprint density at radius 3 is 2.57 bits per heavy atom. The lowest BCUT2D eigenvalue weighted by Crippen LogP contribution is -2.48. The van der Waals surface area contributed by atoms with E-state index in [-0.39, 0.29) is 12.3 Å². The molecule has 1 aromatic carbocycles. The molecule has 2 aliphatic heterocycles. The van der Waals surface area contributed by atoms with Crippen LogP contribution in [0.5, 0.6) is 0 Å². The Morgan fingerprint density at radius 1 is 1.29 bits per heavy atom. The van der Waals surface area contributed by atoms with Gasteiger partial charge in [-0.1, -0.05) is 23.9 Å². The summed E-state index contributed by atoms with van der Waals surface area (Å²) in [6.07, 6.45) is 1.39. The first-order valence-corrected chi connectivity index (χ1v) is 10.2. The van der Waals surface area contributed by atoms with Gasteiger partial charge in [-0.3, -0.25) is 14.5 Å². The number of nitrogens with one attached hydrogen (secondary N) is 1. The lowest BCUT2D eigenvalue weighted by Gasteiger charge is -2.38. The molecule has 1 unspecified atom stereocenters. The molecule has 3 rings (SSSR count). The summed E-state index contributed by atoms with van der Waals surface area (Å²) in [6.45, 7) is 8.65. The number of hydrogen-bond acceptors (Lipinski definition) is 7. The molecule has 150 valence electrons. The van der Waals surface area contributed by atoms with E-state index in [0.29, 0.717) is 11.2 Å². The highest BCUT2D eigenvalue weighted by atomic mass is 32.2. The molecule has 9 heteroatoms. The molecule has 0 bridgehead atoms. The Balaban J connectivity index is 1.53. The van der Waals surface area contributed by atoms with Crippen LogP contribution in [0.3, 0.4) is 0 Å². The lowest BCUT2D eigenvalue weighted by molar-refractivity contribution is -0.138. The van der Waals surface area contributed by atoms with Crippen molar-refractivity contribution in [1.82, 2.24) is 10.2 Å². The fraction of sp³-hybridized carbons (Fsp3) is 0.474. The van der Waals surface area contributed by atoms with E-state index in [4.69, 9.17) is 5.11 Å². The number of hydrogen-bond donors (Lipinski definition) is 2. The second-order valence-electron chi connectivity index (χ2n) is 7.05. The Morgan fingerprint density at radius 2 is 1.96 bits per heavy atom. The number of piperazine rings is 1. The van der Waals surface area contributed by atoms with Crippen molar-refractivity contribution >= 4 is 40.7 Å². The lowest BCUT2D eigenvalue weighted by atomic mass is 10.2. The van der Waals surface area contributed by atoms with Gasteiger partial charge < -0.3 is 15.3 Å². The number of amides is 1. The maximum atomic E-state index is 11.7. The van der Waals surface area contributed by atoms with E-state index >= 15 is 0 Å². The third-order valence-electron chi connectivity index (χ3n) is 4.79. The predicted molar refractivity (Wildman–Crippen MR) is 112 cm³/mol. The topological polar surface area (TPSA) is 97.6 Å². The maximum absolute atomic E-state index is 11.7. The molecular formula is C19H25N5O3S. The van der Waals surface area contributed by atoms with E-state index in [2.05, 4.69) is 51.3 Å². The highest BCUT2D eigenvalue weighted by Crippen LogP contribution is 2.22. The Labute approximate surface area is 168 Å². The molecule has 2 N–H and O–H groups in total. The zero-order valence-electron chi connectivity index (χ0n) is 16.0. The number of carboxylic acids is 1. The molecule has 2 aliphatic rings. The van der Waals surface area contributed by atoms with Gasteiger partial charge in [0, 0.05) is 37.9 Å². The van der Waals surface area contributed by atoms with Crippen LogP contribution in [0.4, 0.5) is 5.69 Å². The molecule has 0 radical (unpaired) electrons. The first-order valence-electron chi connectivity index (χ1n) is 9.32. The summed E-state index contributed by atoms with van der Waals surface area (Å²) in [5.41, 5.74) is 2.10. The third-order valence-corrected chi connectivity index (χ3v) is 5.87. The van der Waals surface area contributed by atoms with Gasteiger partial charge in [-0.15, -0.1) is 5.10 Å². The Bertz CT molecular complexity index is 770. The van der Waals surface area contributed by atoms with Crippen LogP contribution in [0.15, 0.2) is 34.5 Å². The second kappa shape index (κ2) is 9.20. The molecule has 8 nitrogen and oxygen atoms in total. The Kier molecular flexibility index (Phi) is 6.69. The molecule has 0 aliphatic carbocycles. The summed E-state index contributed by atoms with van der Waals surface area (Å²) in [4.78, 5) is 27.3. The number of rotatable bonds is 6. The van der Waals surface area contributed by atoms with E-state index in [1.807, 2.05) is 12.1 Å². The summed E-state index contributed by atoms with van der Waals surface area (Å²) < 4.78 is 0. The van der Waals surface area contributed by atoms with Gasteiger partial charge in [0.15, 0.2) is 5.17 Å². The van der Waals surface area contributed by atoms with Crippen LogP contribution in [0, 0.1) is 0 Å². The summed E-state index contributed by atoms with van der Waals surface area (Å²) >= 11 is 1.09. The smallest absolute Gasteiger partial charge is 0.305 e. The molecule has 0 aromatic heterocycles. The van der Waals surface area contributed by atoms with Crippen molar-refractivity contribution in [3.05, 3.63) is 29.8 Å². The van der Waals surface area contributed by atoms with E-state index in [1.54, 1.807) is 6.21 Å². The summed E-state index contributed by atoms with van der Waals surface area (Å²) in [7, 11) is 0. The average Bonchev–Trinajstić information content (AvgIpc) is 3.01. The quantitative estimate of drug-likeness (QED) is 0.553. The fourth-order valence-corrected chi connectivity index (χ4v) is 4.08. The molecule has 1 atom stereocenters. The van der Waals surface area contributed by atoms with Crippen molar-refractivity contribution in [2.75, 3.05) is 31.1 Å². The number of aliphatic carboxylic acids is 1. The fourth-order valence-electron chi connectivity index (χ4n) is 3.16. The average molecular weight is 404 g/mol. The SMILES string of the molecule is CC(C)N1CCN(c2ccc(C=NN=C3NC(=O)C(CC(=O)O)S3)cc2)CC1. The standard InChI is InChI=1S/C19H25N5O3S/c1-13(2)23-7-9-24(10-8-23)15-5-3-14(4-6-15)12-20-22-19-21-18(27)16(28-19)11-17(25)26/h3-6,12-13,16H,7-11H2,1-2H3,(H,25,26)(H,21,22,27). The van der Waals surface area contributed by atoms with Gasteiger partial charge in [-0.25, -0.2) is 0 Å². The van der Waals surface area contributed by atoms with Gasteiger partial charge in [0.25, 0.3) is 0 Å². The number of thioether (sulfide) groups is 1. The maximum Gasteiger partial charge on any atom is 0.305 e. The van der Waals surface area contributed by atoms with E-state index in [9.17, 15) is 9.59 Å². The third kappa shape index (κ3) is 5.32. The molecule has 1 aromatic rings. The minimum atomic E-state index is -1.01. The number of nitrogens with zero attached hydrogens (tertiary/aromatic N) is 4. The van der Waals surface area contributed by atoms with Crippen molar-refractivity contribution in [1.29, 1.82) is 0 Å². The summed E-state index contributed by atoms with van der Waals surface area (Å²) in [5.74, 6) is -1.36. The number of carbonyl (C=O) groups excluding carboxylic acids is 1. The first-order chi connectivity index (χ1) is 13.4. The largest absolute Gasteiger partial charge is 0.481 e. The molecule has 0 spiro atoms. The van der Waals surface area contributed by atoms with Crippen molar-refractivity contribution in [3.8, 4) is 0 Å². The minimum absolute atomic E-state index is 0.230. The molecule has 2 heterocycles. The summed E-state index contributed by atoms with van der Waals surface area (Å²) in [6, 6.07) is 8.72. The van der Waals surface area contributed by atoms with Crippen LogP contribution in [0.1, 0.15) is 25.8 Å². The highest BCUT2D eigenvalue weighted by molar-refractivity contribution is 8.15. The molecular weight excluding hydrogens is 378 g/mol. The van der Waals surface area contributed by atoms with Crippen LogP contribution in [-0.2, 0) is 9.59 Å². The van der Waals surface area contributed by atoms with Crippen molar-refractivity contribution in [2.24, 2.45) is 10.2 Å². The zero-order valence-corrected chi connectivity index (χ0v) is 16.9. The van der Waals surface area contributed by atoms with Crippen LogP contribution in [0.2, 0.25) is 0 Å². The van der Waals surface area contributed by atoms with Crippen molar-refractivity contribution < 1.29 is 14.7 Å². The molecule has 0 saturated carbocycles. The molecule has 1 amide bonds. The number of carboxylic acid groups (broad SMARTS) is 1. The number of benzene rings is 1. The van der Waals surface area contributed by atoms with E-state index in [0.717, 1.165) is 43.5 Å². The van der Waals surface area contributed by atoms with Gasteiger partial charge in [0.2, 0.25) is 5.91 Å². The van der Waals surface area contributed by atoms with Gasteiger partial charge >= 0.3 is 5.97 Å². The minimum Gasteiger partial charge on any atom is -0.481 e. The monoisotopic (exact) mass is 403 g/mol. The summed E-state index contributed by atoms with van der Waals surface area (Å²) in [5, 5.41) is 19.0. The van der Waals surface area contributed by atoms with Crippen LogP contribution in [-0.4, -0.2) is 70.7 Å². The zero-order chi connectivity index (χ0) is 20.1. The van der Waals surface area contributed by atoms with E-state index in [1.165, 1.54) is 5.69 Å². The first kappa shape index (κ1) is 20.3. The normalized spacial score (nSPS) is 22.4. The predicted octanol–water partition coefficient (Wildman–Crippen LogP) is 1.61. The van der Waals surface area contributed by atoms with E-state index < -0.39 is 11.2 Å². The van der Waals surface area contributed by atoms with Gasteiger partial charge in [0.05, 0.1) is 12.6 Å². The molecule has 2 fully saturated rings. The number of amidine groups is 1. The molecule has 2 saturated heterocycles. The number of anilines is 1. The van der Waals surface area contributed by atoms with Gasteiger partial charge in [-0.05, 0) is 31.5 Å². The highest BCUT2D eigenvalue weighted by Gasteiger charge is 2.32. The van der Waals surface area contributed by atoms with Gasteiger partial charge in [0.1, 0.15) is 5.25 Å². The van der Waals surface area contributed by atoms with Crippen LogP contribution < -0.4 is 10.2 Å². The second-order valence-corrected chi connectivity index (χ2v) is 8.24. The van der Waals surface area contributed by atoms with Crippen molar-refractivity contribution in [2.45, 2.75) is 31.6 Å². The number of carbonyl (C=O) groups is 2. The Hall–Kier alpha value is -2.39. The van der Waals surface area contributed by atoms with Crippen molar-refractivity contribution in [3.63, 3.8) is 0 Å². The molecule has 28 heavy (non-hydrogen) atoms.